The van der Waals surface area contributed by atoms with Crippen LogP contribution in [-0.4, -0.2) is 42.6 Å². The number of thioether (sulfide) groups is 2. The predicted molar refractivity (Wildman–Crippen MR) is 78.4 cm³/mol. The quantitative estimate of drug-likeness (QED) is 0.650. The summed E-state index contributed by atoms with van der Waals surface area (Å²) in [6, 6.07) is 0. The normalized spacial score (nSPS) is 25.5. The van der Waals surface area contributed by atoms with Gasteiger partial charge >= 0.3 is 0 Å². The summed E-state index contributed by atoms with van der Waals surface area (Å²) in [5, 5.41) is 6.72. The molecule has 0 atom stereocenters. The Balaban J connectivity index is 2.15. The summed E-state index contributed by atoms with van der Waals surface area (Å²) < 4.78 is 0. The lowest BCUT2D eigenvalue weighted by Crippen LogP contribution is -2.17. The molecular formula is C12H22N2S2. The Morgan fingerprint density at radius 1 is 0.812 bits per heavy atom. The molecule has 0 fully saturated rings. The van der Waals surface area contributed by atoms with Gasteiger partial charge in [-0.3, -0.25) is 0 Å². The molecule has 1 aliphatic rings. The van der Waals surface area contributed by atoms with Gasteiger partial charge < -0.3 is 10.6 Å². The molecule has 0 saturated heterocycles. The van der Waals surface area contributed by atoms with E-state index in [0.29, 0.717) is 0 Å². The van der Waals surface area contributed by atoms with E-state index in [1.165, 1.54) is 23.0 Å². The molecule has 1 aliphatic heterocycles. The van der Waals surface area contributed by atoms with Crippen molar-refractivity contribution >= 4 is 23.5 Å². The van der Waals surface area contributed by atoms with Crippen molar-refractivity contribution in [2.24, 2.45) is 0 Å². The Labute approximate surface area is 108 Å². The number of hydrogen-bond acceptors (Lipinski definition) is 4. The summed E-state index contributed by atoms with van der Waals surface area (Å²) in [4.78, 5) is 0. The zero-order chi connectivity index (χ0) is 11.3. The van der Waals surface area contributed by atoms with Crippen molar-refractivity contribution in [2.75, 3.05) is 42.6 Å². The van der Waals surface area contributed by atoms with E-state index in [4.69, 9.17) is 0 Å². The van der Waals surface area contributed by atoms with Crippen LogP contribution in [0.1, 0.15) is 6.42 Å². The van der Waals surface area contributed by atoms with Gasteiger partial charge in [-0.25, -0.2) is 0 Å². The molecule has 0 aliphatic carbocycles. The van der Waals surface area contributed by atoms with Gasteiger partial charge in [0, 0.05) is 42.6 Å². The number of hydrogen-bond donors (Lipinski definition) is 2. The Morgan fingerprint density at radius 2 is 1.62 bits per heavy atom. The zero-order valence-corrected chi connectivity index (χ0v) is 11.4. The largest absolute Gasteiger partial charge is 0.390 e. The SMILES string of the molecule is C1=C\CNCCSCCSCCN/C=C\C/1. The Hall–Kier alpha value is -0.0600. The highest BCUT2D eigenvalue weighted by Crippen LogP contribution is 2.05. The molecule has 2 nitrogen and oxygen atoms in total. The second kappa shape index (κ2) is 11.4. The van der Waals surface area contributed by atoms with Gasteiger partial charge in [-0.2, -0.15) is 23.5 Å². The molecule has 0 bridgehead atoms. The van der Waals surface area contributed by atoms with Crippen molar-refractivity contribution < 1.29 is 0 Å². The van der Waals surface area contributed by atoms with E-state index in [1.54, 1.807) is 0 Å². The molecule has 0 unspecified atom stereocenters. The molecule has 1 heterocycles. The summed E-state index contributed by atoms with van der Waals surface area (Å²) in [7, 11) is 0. The second-order valence-corrected chi connectivity index (χ2v) is 5.94. The zero-order valence-electron chi connectivity index (χ0n) is 9.78. The number of allylic oxidation sites excluding steroid dienone is 2. The van der Waals surface area contributed by atoms with Gasteiger partial charge in [0.1, 0.15) is 0 Å². The van der Waals surface area contributed by atoms with E-state index < -0.39 is 0 Å². The first-order valence-electron chi connectivity index (χ1n) is 5.90. The van der Waals surface area contributed by atoms with Crippen molar-refractivity contribution in [3.8, 4) is 0 Å². The van der Waals surface area contributed by atoms with Gasteiger partial charge in [-0.1, -0.05) is 18.2 Å². The number of rotatable bonds is 0. The lowest BCUT2D eigenvalue weighted by atomic mass is 10.3. The van der Waals surface area contributed by atoms with E-state index in [-0.39, 0.29) is 0 Å². The average molecular weight is 258 g/mol. The fourth-order valence-electron chi connectivity index (χ4n) is 1.28. The minimum atomic E-state index is 0.997. The highest BCUT2D eigenvalue weighted by molar-refractivity contribution is 8.02. The monoisotopic (exact) mass is 258 g/mol. The molecule has 4 heteroatoms. The molecular weight excluding hydrogens is 236 g/mol. The lowest BCUT2D eigenvalue weighted by molar-refractivity contribution is 0.805. The summed E-state index contributed by atoms with van der Waals surface area (Å²) in [6.07, 6.45) is 9.67. The van der Waals surface area contributed by atoms with E-state index in [9.17, 15) is 0 Å². The molecule has 0 spiro atoms. The van der Waals surface area contributed by atoms with Crippen LogP contribution in [-0.2, 0) is 0 Å². The van der Waals surface area contributed by atoms with Gasteiger partial charge in [0.05, 0.1) is 0 Å². The van der Waals surface area contributed by atoms with Crippen molar-refractivity contribution in [3.63, 3.8) is 0 Å². The average Bonchev–Trinajstić information content (AvgIpc) is 2.29. The van der Waals surface area contributed by atoms with Gasteiger partial charge in [-0.15, -0.1) is 0 Å². The van der Waals surface area contributed by atoms with Crippen LogP contribution in [0.25, 0.3) is 0 Å². The maximum atomic E-state index is 3.41. The molecule has 16 heavy (non-hydrogen) atoms. The van der Waals surface area contributed by atoms with Crippen molar-refractivity contribution in [1.82, 2.24) is 10.6 Å². The molecule has 0 amide bonds. The van der Waals surface area contributed by atoms with Crippen LogP contribution < -0.4 is 10.6 Å². The maximum absolute atomic E-state index is 3.41. The van der Waals surface area contributed by atoms with Gasteiger partial charge in [-0.05, 0) is 12.6 Å². The van der Waals surface area contributed by atoms with Crippen LogP contribution in [0.15, 0.2) is 24.4 Å². The Kier molecular flexibility index (Phi) is 10.00. The fourth-order valence-corrected chi connectivity index (χ4v) is 3.18. The Bertz CT molecular complexity index is 185. The minimum absolute atomic E-state index is 0.997. The van der Waals surface area contributed by atoms with Crippen molar-refractivity contribution in [2.45, 2.75) is 6.42 Å². The van der Waals surface area contributed by atoms with Gasteiger partial charge in [0.2, 0.25) is 0 Å². The first-order chi connectivity index (χ1) is 8.00. The topological polar surface area (TPSA) is 24.1 Å². The third kappa shape index (κ3) is 9.19. The third-order valence-electron chi connectivity index (χ3n) is 2.12. The van der Waals surface area contributed by atoms with E-state index in [0.717, 1.165) is 26.1 Å². The van der Waals surface area contributed by atoms with E-state index in [2.05, 4.69) is 35.1 Å². The van der Waals surface area contributed by atoms with E-state index >= 15 is 0 Å². The van der Waals surface area contributed by atoms with Crippen molar-refractivity contribution in [3.05, 3.63) is 24.4 Å². The molecule has 0 aromatic carbocycles. The molecule has 0 aromatic heterocycles. The predicted octanol–water partition coefficient (Wildman–Crippen LogP) is 2.11. The first-order valence-corrected chi connectivity index (χ1v) is 8.20. The molecule has 2 N–H and O–H groups in total. The second-order valence-electron chi connectivity index (χ2n) is 3.49. The summed E-state index contributed by atoms with van der Waals surface area (Å²) >= 11 is 4.08. The molecule has 92 valence electrons. The maximum Gasteiger partial charge on any atom is 0.0232 e. The van der Waals surface area contributed by atoms with Crippen LogP contribution in [0, 0.1) is 0 Å². The lowest BCUT2D eigenvalue weighted by Gasteiger charge is -2.04. The smallest absolute Gasteiger partial charge is 0.0232 e. The first kappa shape index (κ1) is 14.0. The summed E-state index contributed by atoms with van der Waals surface area (Å²) in [5.41, 5.74) is 0. The highest BCUT2D eigenvalue weighted by atomic mass is 32.2. The van der Waals surface area contributed by atoms with Crippen molar-refractivity contribution in [1.29, 1.82) is 0 Å². The standard InChI is InChI=1S/C12H22N2S2/c1-2-4-6-14-8-10-16-12-11-15-9-7-13-5-3-1/h1,3-4,6,13-14H,2,5,7-12H2/b3-1-,6-4-. The molecule has 0 saturated carbocycles. The minimum Gasteiger partial charge on any atom is -0.390 e. The fraction of sp³-hybridized carbons (Fsp3) is 0.667. The van der Waals surface area contributed by atoms with Crippen LogP contribution in [0.2, 0.25) is 0 Å². The van der Waals surface area contributed by atoms with E-state index in [1.807, 2.05) is 23.5 Å². The van der Waals surface area contributed by atoms with Crippen LogP contribution >= 0.6 is 23.5 Å². The molecule has 0 radical (unpaired) electrons. The van der Waals surface area contributed by atoms with Crippen LogP contribution in [0.3, 0.4) is 0 Å². The molecule has 0 aromatic rings. The third-order valence-corrected chi connectivity index (χ3v) is 4.35. The number of nitrogens with one attached hydrogen (secondary N) is 2. The Morgan fingerprint density at radius 3 is 2.50 bits per heavy atom. The molecule has 1 rings (SSSR count). The summed E-state index contributed by atoms with van der Waals surface area (Å²) in [6.45, 7) is 3.20. The highest BCUT2D eigenvalue weighted by Gasteiger charge is 1.91. The van der Waals surface area contributed by atoms with Crippen LogP contribution in [0.5, 0.6) is 0 Å². The van der Waals surface area contributed by atoms with Gasteiger partial charge in [0.15, 0.2) is 0 Å². The van der Waals surface area contributed by atoms with Crippen LogP contribution in [0.4, 0.5) is 0 Å². The van der Waals surface area contributed by atoms with Gasteiger partial charge in [0.25, 0.3) is 0 Å². The summed E-state index contributed by atoms with van der Waals surface area (Å²) in [5.74, 6) is 4.99.